The SMILES string of the molecule is CCNC(=NCC(O)c1ccccc1F)NCCC1CCN(CC(F)(F)F)CC1.I. The lowest BCUT2D eigenvalue weighted by Crippen LogP contribution is -2.41. The molecule has 0 bridgehead atoms. The van der Waals surface area contributed by atoms with E-state index in [1.54, 1.807) is 12.1 Å². The highest BCUT2D eigenvalue weighted by molar-refractivity contribution is 14.0. The van der Waals surface area contributed by atoms with Crippen LogP contribution < -0.4 is 10.6 Å². The number of rotatable bonds is 8. The van der Waals surface area contributed by atoms with Crippen LogP contribution in [0.4, 0.5) is 17.6 Å². The second-order valence-electron chi connectivity index (χ2n) is 7.31. The zero-order valence-electron chi connectivity index (χ0n) is 17.1. The van der Waals surface area contributed by atoms with E-state index in [2.05, 4.69) is 15.6 Å². The van der Waals surface area contributed by atoms with E-state index >= 15 is 0 Å². The molecular weight excluding hydrogens is 515 g/mol. The highest BCUT2D eigenvalue weighted by atomic mass is 127. The summed E-state index contributed by atoms with van der Waals surface area (Å²) in [5.74, 6) is 0.432. The van der Waals surface area contributed by atoms with E-state index < -0.39 is 24.6 Å². The molecule has 0 amide bonds. The van der Waals surface area contributed by atoms with Crippen molar-refractivity contribution >= 4 is 29.9 Å². The molecule has 1 heterocycles. The summed E-state index contributed by atoms with van der Waals surface area (Å²) < 4.78 is 51.1. The van der Waals surface area contributed by atoms with Gasteiger partial charge in [-0.2, -0.15) is 13.2 Å². The quantitative estimate of drug-likeness (QED) is 0.202. The second kappa shape index (κ2) is 13.3. The van der Waals surface area contributed by atoms with Crippen LogP contribution in [-0.2, 0) is 0 Å². The van der Waals surface area contributed by atoms with Crippen LogP contribution in [0.3, 0.4) is 0 Å². The van der Waals surface area contributed by atoms with E-state index in [9.17, 15) is 22.7 Å². The summed E-state index contributed by atoms with van der Waals surface area (Å²) in [7, 11) is 0. The van der Waals surface area contributed by atoms with Crippen molar-refractivity contribution in [3.05, 3.63) is 35.6 Å². The van der Waals surface area contributed by atoms with Crippen LogP contribution in [0, 0.1) is 11.7 Å². The van der Waals surface area contributed by atoms with Gasteiger partial charge in [-0.15, -0.1) is 24.0 Å². The molecule has 2 rings (SSSR count). The Morgan fingerprint density at radius 1 is 1.23 bits per heavy atom. The number of aliphatic imine (C=N–C) groups is 1. The number of hydrogen-bond acceptors (Lipinski definition) is 3. The number of aliphatic hydroxyl groups excluding tert-OH is 1. The molecule has 1 aliphatic rings. The highest BCUT2D eigenvalue weighted by Gasteiger charge is 2.32. The third kappa shape index (κ3) is 9.78. The maximum atomic E-state index is 13.7. The van der Waals surface area contributed by atoms with Gasteiger partial charge in [0.1, 0.15) is 11.9 Å². The van der Waals surface area contributed by atoms with Crippen LogP contribution in [0.25, 0.3) is 0 Å². The van der Waals surface area contributed by atoms with Crippen molar-refractivity contribution in [2.45, 2.75) is 38.5 Å². The number of guanidine groups is 1. The van der Waals surface area contributed by atoms with Gasteiger partial charge in [0.15, 0.2) is 5.96 Å². The van der Waals surface area contributed by atoms with Crippen LogP contribution in [0.1, 0.15) is 37.9 Å². The van der Waals surface area contributed by atoms with E-state index in [1.165, 1.54) is 17.0 Å². The van der Waals surface area contributed by atoms with Crippen LogP contribution in [0.5, 0.6) is 0 Å². The number of hydrogen-bond donors (Lipinski definition) is 3. The van der Waals surface area contributed by atoms with Crippen LogP contribution in [0.2, 0.25) is 0 Å². The monoisotopic (exact) mass is 546 g/mol. The fourth-order valence-corrected chi connectivity index (χ4v) is 3.44. The normalized spacial score (nSPS) is 17.3. The standard InChI is InChI=1S/C20H30F4N4O.HI/c1-2-25-19(27-13-18(29)16-5-3-4-6-17(16)21)26-10-7-15-8-11-28(12-9-15)14-20(22,23)24;/h3-6,15,18,29H,2,7-14H2,1H3,(H2,25,26,27);1H. The first-order valence-corrected chi connectivity index (χ1v) is 10.0. The van der Waals surface area contributed by atoms with Gasteiger partial charge in [0.25, 0.3) is 0 Å². The molecule has 0 aliphatic carbocycles. The molecule has 0 aromatic heterocycles. The van der Waals surface area contributed by atoms with Gasteiger partial charge in [0.2, 0.25) is 0 Å². The van der Waals surface area contributed by atoms with Crippen molar-refractivity contribution in [2.75, 3.05) is 39.3 Å². The summed E-state index contributed by atoms with van der Waals surface area (Å²) in [6.07, 6.45) is -2.85. The van der Waals surface area contributed by atoms with Gasteiger partial charge in [-0.1, -0.05) is 18.2 Å². The van der Waals surface area contributed by atoms with E-state index in [4.69, 9.17) is 0 Å². The lowest BCUT2D eigenvalue weighted by molar-refractivity contribution is -0.148. The summed E-state index contributed by atoms with van der Waals surface area (Å²) in [5, 5.41) is 16.4. The Bertz CT molecular complexity index is 652. The molecule has 1 aromatic carbocycles. The average molecular weight is 546 g/mol. The van der Waals surface area contributed by atoms with Gasteiger partial charge < -0.3 is 15.7 Å². The molecule has 1 aromatic rings. The minimum atomic E-state index is -4.14. The number of piperidine rings is 1. The first-order chi connectivity index (χ1) is 13.8. The number of halogens is 5. The van der Waals surface area contributed by atoms with Crippen LogP contribution in [-0.4, -0.2) is 61.4 Å². The summed E-state index contributed by atoms with van der Waals surface area (Å²) in [6.45, 7) is 3.30. The number of benzene rings is 1. The fourth-order valence-electron chi connectivity index (χ4n) is 3.44. The Morgan fingerprint density at radius 3 is 2.50 bits per heavy atom. The predicted octanol–water partition coefficient (Wildman–Crippen LogP) is 3.70. The molecule has 30 heavy (non-hydrogen) atoms. The maximum absolute atomic E-state index is 13.7. The molecule has 1 unspecified atom stereocenters. The van der Waals surface area contributed by atoms with Gasteiger partial charge in [-0.05, 0) is 51.3 Å². The molecule has 10 heteroatoms. The summed E-state index contributed by atoms with van der Waals surface area (Å²) in [5.41, 5.74) is 0.206. The molecule has 1 aliphatic heterocycles. The lowest BCUT2D eigenvalue weighted by Gasteiger charge is -2.32. The number of alkyl halides is 3. The number of nitrogens with one attached hydrogen (secondary N) is 2. The van der Waals surface area contributed by atoms with Crippen molar-refractivity contribution in [3.63, 3.8) is 0 Å². The van der Waals surface area contributed by atoms with E-state index in [-0.39, 0.29) is 36.1 Å². The number of nitrogens with zero attached hydrogens (tertiary/aromatic N) is 2. The van der Waals surface area contributed by atoms with E-state index in [0.29, 0.717) is 38.1 Å². The zero-order valence-corrected chi connectivity index (χ0v) is 19.4. The summed E-state index contributed by atoms with van der Waals surface area (Å²) in [4.78, 5) is 5.77. The van der Waals surface area contributed by atoms with Gasteiger partial charge in [0, 0.05) is 18.7 Å². The fraction of sp³-hybridized carbons (Fsp3) is 0.650. The Balaban J connectivity index is 0.00000450. The minimum Gasteiger partial charge on any atom is -0.386 e. The van der Waals surface area contributed by atoms with Gasteiger partial charge in [-0.25, -0.2) is 4.39 Å². The third-order valence-electron chi connectivity index (χ3n) is 4.99. The molecule has 0 radical (unpaired) electrons. The molecular formula is C20H31F4IN4O. The highest BCUT2D eigenvalue weighted by Crippen LogP contribution is 2.24. The Morgan fingerprint density at radius 2 is 1.90 bits per heavy atom. The molecule has 0 saturated carbocycles. The smallest absolute Gasteiger partial charge is 0.386 e. The first-order valence-electron chi connectivity index (χ1n) is 10.0. The van der Waals surface area contributed by atoms with Crippen molar-refractivity contribution < 1.29 is 22.7 Å². The zero-order chi connectivity index (χ0) is 21.3. The minimum absolute atomic E-state index is 0. The predicted molar refractivity (Wildman–Crippen MR) is 121 cm³/mol. The van der Waals surface area contributed by atoms with Gasteiger partial charge in [0.05, 0.1) is 13.1 Å². The van der Waals surface area contributed by atoms with Crippen molar-refractivity contribution in [2.24, 2.45) is 10.9 Å². The van der Waals surface area contributed by atoms with Crippen molar-refractivity contribution in [1.29, 1.82) is 0 Å². The Hall–Kier alpha value is -1.14. The number of aliphatic hydroxyl groups is 1. The molecule has 1 atom stereocenters. The topological polar surface area (TPSA) is 59.9 Å². The third-order valence-corrected chi connectivity index (χ3v) is 4.99. The largest absolute Gasteiger partial charge is 0.401 e. The lowest BCUT2D eigenvalue weighted by atomic mass is 9.93. The molecule has 0 spiro atoms. The van der Waals surface area contributed by atoms with E-state index in [0.717, 1.165) is 19.3 Å². The molecule has 172 valence electrons. The van der Waals surface area contributed by atoms with Gasteiger partial charge in [-0.3, -0.25) is 9.89 Å². The maximum Gasteiger partial charge on any atom is 0.401 e. The summed E-state index contributed by atoms with van der Waals surface area (Å²) >= 11 is 0. The van der Waals surface area contributed by atoms with Crippen molar-refractivity contribution in [1.82, 2.24) is 15.5 Å². The Kier molecular flexibility index (Phi) is 11.9. The van der Waals surface area contributed by atoms with Crippen LogP contribution >= 0.6 is 24.0 Å². The Labute approximate surface area is 192 Å². The van der Waals surface area contributed by atoms with E-state index in [1.807, 2.05) is 6.92 Å². The molecule has 1 saturated heterocycles. The summed E-state index contributed by atoms with van der Waals surface area (Å²) in [6, 6.07) is 6.05. The number of likely N-dealkylation sites (tertiary alicyclic amines) is 1. The van der Waals surface area contributed by atoms with Gasteiger partial charge >= 0.3 is 6.18 Å². The van der Waals surface area contributed by atoms with Crippen molar-refractivity contribution in [3.8, 4) is 0 Å². The molecule has 5 nitrogen and oxygen atoms in total. The second-order valence-corrected chi connectivity index (χ2v) is 7.31. The average Bonchev–Trinajstić information content (AvgIpc) is 2.66. The van der Waals surface area contributed by atoms with Crippen LogP contribution in [0.15, 0.2) is 29.3 Å². The first kappa shape index (κ1) is 26.9. The molecule has 3 N–H and O–H groups in total. The molecule has 1 fully saturated rings.